The zero-order valence-corrected chi connectivity index (χ0v) is 12.5. The van der Waals surface area contributed by atoms with E-state index in [2.05, 4.69) is 26.1 Å². The summed E-state index contributed by atoms with van der Waals surface area (Å²) in [6.07, 6.45) is 1.33. The van der Waals surface area contributed by atoms with Crippen molar-refractivity contribution in [1.29, 1.82) is 0 Å². The normalized spacial score (nSPS) is 13.1. The molecule has 0 heterocycles. The van der Waals surface area contributed by atoms with Crippen LogP contribution in [0.4, 0.5) is 0 Å². The Morgan fingerprint density at radius 2 is 1.95 bits per heavy atom. The van der Waals surface area contributed by atoms with Gasteiger partial charge in [-0.2, -0.15) is 0 Å². The van der Waals surface area contributed by atoms with Crippen molar-refractivity contribution in [1.82, 2.24) is 5.32 Å². The van der Waals surface area contributed by atoms with E-state index in [0.717, 1.165) is 17.5 Å². The van der Waals surface area contributed by atoms with Gasteiger partial charge in [0.2, 0.25) is 5.91 Å². The van der Waals surface area contributed by atoms with Crippen molar-refractivity contribution in [2.45, 2.75) is 46.6 Å². The topological polar surface area (TPSA) is 55.1 Å². The number of nitrogens with one attached hydrogen (secondary N) is 1. The molecule has 1 unspecified atom stereocenters. The van der Waals surface area contributed by atoms with E-state index in [1.54, 1.807) is 0 Å². The third-order valence-electron chi connectivity index (χ3n) is 3.05. The second-order valence-electron chi connectivity index (χ2n) is 6.43. The highest BCUT2D eigenvalue weighted by Gasteiger charge is 2.16. The molecule has 3 N–H and O–H groups in total. The van der Waals surface area contributed by atoms with E-state index in [1.165, 1.54) is 0 Å². The molecule has 0 aliphatic carbocycles. The first-order chi connectivity index (χ1) is 8.78. The van der Waals surface area contributed by atoms with Gasteiger partial charge in [-0.25, -0.2) is 0 Å². The van der Waals surface area contributed by atoms with Crippen LogP contribution in [0.3, 0.4) is 0 Å². The van der Waals surface area contributed by atoms with Crippen LogP contribution < -0.4 is 11.1 Å². The van der Waals surface area contributed by atoms with Crippen LogP contribution in [-0.2, 0) is 11.2 Å². The third-order valence-corrected chi connectivity index (χ3v) is 3.05. The molecule has 1 aromatic carbocycles. The maximum atomic E-state index is 11.9. The van der Waals surface area contributed by atoms with Gasteiger partial charge in [-0.3, -0.25) is 4.79 Å². The molecule has 1 amide bonds. The molecule has 0 bridgehead atoms. The van der Waals surface area contributed by atoms with Crippen LogP contribution in [0.25, 0.3) is 0 Å². The highest BCUT2D eigenvalue weighted by atomic mass is 16.1. The molecule has 0 spiro atoms. The molecule has 0 saturated heterocycles. The van der Waals surface area contributed by atoms with Crippen molar-refractivity contribution >= 4 is 5.91 Å². The Bertz CT molecular complexity index is 421. The predicted molar refractivity (Wildman–Crippen MR) is 79.9 cm³/mol. The van der Waals surface area contributed by atoms with Crippen LogP contribution in [0, 0.1) is 12.3 Å². The van der Waals surface area contributed by atoms with Crippen LogP contribution in [-0.4, -0.2) is 18.5 Å². The minimum Gasteiger partial charge on any atom is -0.354 e. The second-order valence-corrected chi connectivity index (χ2v) is 6.43. The Morgan fingerprint density at radius 3 is 2.53 bits per heavy atom. The fourth-order valence-corrected chi connectivity index (χ4v) is 2.15. The number of nitrogens with two attached hydrogens (primary N) is 1. The molecule has 3 heteroatoms. The first kappa shape index (κ1) is 15.7. The number of benzene rings is 1. The molecule has 1 rings (SSSR count). The monoisotopic (exact) mass is 262 g/mol. The maximum absolute atomic E-state index is 11.9. The number of carbonyl (C=O) groups is 1. The summed E-state index contributed by atoms with van der Waals surface area (Å²) in [6.45, 7) is 9.03. The second kappa shape index (κ2) is 6.71. The number of carbonyl (C=O) groups excluding carboxylic acids is 1. The van der Waals surface area contributed by atoms with E-state index in [9.17, 15) is 4.79 Å². The Labute approximate surface area is 116 Å². The van der Waals surface area contributed by atoms with E-state index in [-0.39, 0.29) is 17.4 Å². The van der Waals surface area contributed by atoms with Crippen LogP contribution >= 0.6 is 0 Å². The van der Waals surface area contributed by atoms with E-state index in [1.807, 2.05) is 31.2 Å². The zero-order valence-electron chi connectivity index (χ0n) is 12.5. The van der Waals surface area contributed by atoms with Crippen LogP contribution in [0.2, 0.25) is 0 Å². The first-order valence-electron chi connectivity index (χ1n) is 6.85. The largest absolute Gasteiger partial charge is 0.354 e. The lowest BCUT2D eigenvalue weighted by Gasteiger charge is -2.23. The summed E-state index contributed by atoms with van der Waals surface area (Å²) in [5, 5.41) is 2.92. The quantitative estimate of drug-likeness (QED) is 0.856. The summed E-state index contributed by atoms with van der Waals surface area (Å²) in [7, 11) is 0. The highest BCUT2D eigenvalue weighted by molar-refractivity contribution is 5.78. The van der Waals surface area contributed by atoms with Gasteiger partial charge in [0, 0.05) is 12.6 Å². The van der Waals surface area contributed by atoms with E-state index < -0.39 is 0 Å². The van der Waals surface area contributed by atoms with Gasteiger partial charge in [0.25, 0.3) is 0 Å². The van der Waals surface area contributed by atoms with Gasteiger partial charge < -0.3 is 11.1 Å². The van der Waals surface area contributed by atoms with Crippen molar-refractivity contribution in [2.24, 2.45) is 11.1 Å². The molecular weight excluding hydrogens is 236 g/mol. The Kier molecular flexibility index (Phi) is 5.55. The Balaban J connectivity index is 2.38. The zero-order chi connectivity index (χ0) is 14.5. The molecular formula is C16H26N2O. The van der Waals surface area contributed by atoms with Gasteiger partial charge >= 0.3 is 0 Å². The molecule has 0 fully saturated rings. The lowest BCUT2D eigenvalue weighted by molar-refractivity contribution is -0.120. The van der Waals surface area contributed by atoms with E-state index in [0.29, 0.717) is 13.0 Å². The van der Waals surface area contributed by atoms with Crippen molar-refractivity contribution in [3.8, 4) is 0 Å². The number of hydrogen-bond acceptors (Lipinski definition) is 2. The fourth-order valence-electron chi connectivity index (χ4n) is 2.15. The average Bonchev–Trinajstić information content (AvgIpc) is 2.27. The molecule has 0 aliphatic heterocycles. The average molecular weight is 262 g/mol. The lowest BCUT2D eigenvalue weighted by Crippen LogP contribution is -2.40. The van der Waals surface area contributed by atoms with Crippen molar-refractivity contribution < 1.29 is 4.79 Å². The fraction of sp³-hybridized carbons (Fsp3) is 0.562. The Hall–Kier alpha value is -1.35. The summed E-state index contributed by atoms with van der Waals surface area (Å²) in [5.41, 5.74) is 8.43. The molecule has 0 aliphatic rings. The summed E-state index contributed by atoms with van der Waals surface area (Å²) in [4.78, 5) is 11.9. The molecule has 3 nitrogen and oxygen atoms in total. The molecule has 19 heavy (non-hydrogen) atoms. The molecule has 1 atom stereocenters. The van der Waals surface area contributed by atoms with Gasteiger partial charge in [0.05, 0.1) is 6.42 Å². The first-order valence-corrected chi connectivity index (χ1v) is 6.85. The number of amides is 1. The van der Waals surface area contributed by atoms with Gasteiger partial charge in [0.15, 0.2) is 0 Å². The number of aryl methyl sites for hydroxylation is 1. The SMILES string of the molecule is Cc1ccccc1CC(=O)NCC(N)CC(C)(C)C. The van der Waals surface area contributed by atoms with E-state index in [4.69, 9.17) is 5.73 Å². The molecule has 0 aromatic heterocycles. The number of hydrogen-bond donors (Lipinski definition) is 2. The summed E-state index contributed by atoms with van der Waals surface area (Å²) in [5.74, 6) is 0.0404. The molecule has 1 aromatic rings. The Morgan fingerprint density at radius 1 is 1.32 bits per heavy atom. The van der Waals surface area contributed by atoms with Crippen LogP contribution in [0.1, 0.15) is 38.3 Å². The predicted octanol–water partition coefficient (Wildman–Crippen LogP) is 2.42. The summed E-state index contributed by atoms with van der Waals surface area (Å²) < 4.78 is 0. The lowest BCUT2D eigenvalue weighted by atomic mass is 9.88. The maximum Gasteiger partial charge on any atom is 0.224 e. The van der Waals surface area contributed by atoms with Crippen LogP contribution in [0.5, 0.6) is 0 Å². The van der Waals surface area contributed by atoms with Crippen molar-refractivity contribution in [3.05, 3.63) is 35.4 Å². The minimum absolute atomic E-state index is 0.0146. The van der Waals surface area contributed by atoms with E-state index >= 15 is 0 Å². The number of rotatable bonds is 5. The smallest absolute Gasteiger partial charge is 0.224 e. The van der Waals surface area contributed by atoms with Gasteiger partial charge in [-0.05, 0) is 29.9 Å². The molecule has 0 saturated carbocycles. The molecule has 0 radical (unpaired) electrons. The summed E-state index contributed by atoms with van der Waals surface area (Å²) >= 11 is 0. The highest BCUT2D eigenvalue weighted by Crippen LogP contribution is 2.19. The standard InChI is InChI=1S/C16H26N2O/c1-12-7-5-6-8-13(12)9-15(19)18-11-14(17)10-16(2,3)4/h5-8,14H,9-11,17H2,1-4H3,(H,18,19). The van der Waals surface area contributed by atoms with Gasteiger partial charge in [-0.1, -0.05) is 45.0 Å². The van der Waals surface area contributed by atoms with Gasteiger partial charge in [-0.15, -0.1) is 0 Å². The van der Waals surface area contributed by atoms with Gasteiger partial charge in [0.1, 0.15) is 0 Å². The minimum atomic E-state index is 0.0146. The van der Waals surface area contributed by atoms with Crippen molar-refractivity contribution in [3.63, 3.8) is 0 Å². The van der Waals surface area contributed by atoms with Crippen molar-refractivity contribution in [2.75, 3.05) is 6.54 Å². The third kappa shape index (κ3) is 6.39. The molecule has 106 valence electrons. The van der Waals surface area contributed by atoms with Crippen LogP contribution in [0.15, 0.2) is 24.3 Å². The summed E-state index contributed by atoms with van der Waals surface area (Å²) in [6, 6.07) is 7.97.